The minimum Gasteiger partial charge on any atom is -0.325 e. The summed E-state index contributed by atoms with van der Waals surface area (Å²) in [4.78, 5) is 0. The van der Waals surface area contributed by atoms with Gasteiger partial charge in [0.25, 0.3) is 0 Å². The molecule has 1 heteroatoms. The lowest BCUT2D eigenvalue weighted by Gasteiger charge is -2.34. The molecule has 0 radical (unpaired) electrons. The topological polar surface area (TPSA) is 0 Å². The lowest BCUT2D eigenvalue weighted by atomic mass is 9.93. The van der Waals surface area contributed by atoms with Crippen LogP contribution in [0.2, 0.25) is 0 Å². The summed E-state index contributed by atoms with van der Waals surface area (Å²) >= 11 is 0. The van der Waals surface area contributed by atoms with Gasteiger partial charge < -0.3 is 4.48 Å². The summed E-state index contributed by atoms with van der Waals surface area (Å²) in [7, 11) is 0. The first-order valence-corrected chi connectivity index (χ1v) is 9.04. The standard InChI is InChI=1S/C14H11.C8H20N/c1-2-6-12-10-14-8-4-3-7-13(14)9-11(12)5-1;1-5-9(6-2,7-3)8-4/h1-7,9-10H,8H2;5-8H2,1-4H3/q-1;+1. The van der Waals surface area contributed by atoms with Gasteiger partial charge >= 0.3 is 0 Å². The van der Waals surface area contributed by atoms with Crippen LogP contribution in [0.25, 0.3) is 10.8 Å². The van der Waals surface area contributed by atoms with Gasteiger partial charge in [-0.3, -0.25) is 0 Å². The van der Waals surface area contributed by atoms with Crippen molar-refractivity contribution in [2.24, 2.45) is 0 Å². The lowest BCUT2D eigenvalue weighted by Crippen LogP contribution is -2.47. The van der Waals surface area contributed by atoms with Crippen molar-refractivity contribution in [3.63, 3.8) is 0 Å². The van der Waals surface area contributed by atoms with E-state index in [0.717, 1.165) is 6.42 Å². The van der Waals surface area contributed by atoms with Crippen molar-refractivity contribution in [3.05, 3.63) is 66.1 Å². The fraction of sp³-hybridized carbons (Fsp3) is 0.409. The first kappa shape index (κ1) is 17.6. The van der Waals surface area contributed by atoms with Gasteiger partial charge in [-0.1, -0.05) is 42.1 Å². The van der Waals surface area contributed by atoms with Crippen LogP contribution in [0.1, 0.15) is 38.8 Å². The number of nitrogens with zero attached hydrogens (tertiary/aromatic N) is 1. The summed E-state index contributed by atoms with van der Waals surface area (Å²) in [6.45, 7) is 14.2. The molecule has 124 valence electrons. The molecule has 0 heterocycles. The molecule has 0 bridgehead atoms. The van der Waals surface area contributed by atoms with Crippen LogP contribution in [0.4, 0.5) is 0 Å². The molecule has 0 saturated heterocycles. The Kier molecular flexibility index (Phi) is 6.29. The molecule has 0 aliphatic heterocycles. The molecule has 1 nitrogen and oxygen atoms in total. The van der Waals surface area contributed by atoms with Crippen molar-refractivity contribution in [1.82, 2.24) is 0 Å². The Balaban J connectivity index is 0.000000188. The zero-order valence-electron chi connectivity index (χ0n) is 15.2. The SMILES string of the molecule is C1=CCc2cc3ccccc3cc2[CH-]1.CC[N+](CC)(CC)CC. The molecule has 0 aromatic heterocycles. The largest absolute Gasteiger partial charge is 0.325 e. The Hall–Kier alpha value is -1.73. The van der Waals surface area contributed by atoms with Crippen molar-refractivity contribution in [3.8, 4) is 0 Å². The van der Waals surface area contributed by atoms with Gasteiger partial charge in [0.05, 0.1) is 26.2 Å². The molecule has 3 rings (SSSR count). The second-order valence-corrected chi connectivity index (χ2v) is 6.30. The van der Waals surface area contributed by atoms with Crippen LogP contribution in [0, 0.1) is 6.42 Å². The third kappa shape index (κ3) is 4.17. The smallest absolute Gasteiger partial charge is 0.0757 e. The maximum absolute atomic E-state index is 2.30. The molecule has 1 aliphatic rings. The van der Waals surface area contributed by atoms with Gasteiger partial charge in [0, 0.05) is 0 Å². The van der Waals surface area contributed by atoms with E-state index in [2.05, 4.69) is 82.7 Å². The quantitative estimate of drug-likeness (QED) is 0.525. The molecule has 0 spiro atoms. The molecule has 2 aromatic rings. The van der Waals surface area contributed by atoms with E-state index in [-0.39, 0.29) is 0 Å². The number of benzene rings is 2. The average Bonchev–Trinajstić information content (AvgIpc) is 2.63. The van der Waals surface area contributed by atoms with Crippen molar-refractivity contribution >= 4 is 10.8 Å². The molecule has 0 fully saturated rings. The van der Waals surface area contributed by atoms with Crippen LogP contribution < -0.4 is 0 Å². The maximum Gasteiger partial charge on any atom is 0.0757 e. The number of rotatable bonds is 4. The molecule has 0 atom stereocenters. The van der Waals surface area contributed by atoms with E-state index >= 15 is 0 Å². The van der Waals surface area contributed by atoms with E-state index in [4.69, 9.17) is 0 Å². The summed E-state index contributed by atoms with van der Waals surface area (Å²) in [6.07, 6.45) is 7.59. The van der Waals surface area contributed by atoms with Gasteiger partial charge in [0.2, 0.25) is 0 Å². The highest BCUT2D eigenvalue weighted by atomic mass is 15.3. The van der Waals surface area contributed by atoms with Crippen LogP contribution >= 0.6 is 0 Å². The number of allylic oxidation sites excluding steroid dienone is 2. The van der Waals surface area contributed by atoms with Crippen LogP contribution in [0.5, 0.6) is 0 Å². The van der Waals surface area contributed by atoms with E-state index in [1.807, 2.05) is 0 Å². The van der Waals surface area contributed by atoms with Crippen molar-refractivity contribution in [2.45, 2.75) is 34.1 Å². The zero-order valence-corrected chi connectivity index (χ0v) is 15.2. The third-order valence-corrected chi connectivity index (χ3v) is 5.44. The maximum atomic E-state index is 2.30. The Morgan fingerprint density at radius 3 is 1.96 bits per heavy atom. The summed E-state index contributed by atoms with van der Waals surface area (Å²) in [5.41, 5.74) is 2.80. The average molecular weight is 309 g/mol. The van der Waals surface area contributed by atoms with E-state index in [1.165, 1.54) is 52.6 Å². The Morgan fingerprint density at radius 2 is 1.43 bits per heavy atom. The van der Waals surface area contributed by atoms with Crippen LogP contribution in [-0.4, -0.2) is 30.7 Å². The molecule has 0 amide bonds. The van der Waals surface area contributed by atoms with Crippen molar-refractivity contribution < 1.29 is 4.48 Å². The second kappa shape index (κ2) is 8.21. The van der Waals surface area contributed by atoms with Gasteiger partial charge in [-0.05, 0) is 33.1 Å². The van der Waals surface area contributed by atoms with Crippen molar-refractivity contribution in [1.29, 1.82) is 0 Å². The van der Waals surface area contributed by atoms with Gasteiger partial charge in [-0.2, -0.15) is 6.08 Å². The Bertz CT molecular complexity index is 586. The highest BCUT2D eigenvalue weighted by Crippen LogP contribution is 2.24. The predicted molar refractivity (Wildman–Crippen MR) is 103 cm³/mol. The van der Waals surface area contributed by atoms with E-state index in [0.29, 0.717) is 0 Å². The zero-order chi connectivity index (χ0) is 16.7. The predicted octanol–water partition coefficient (Wildman–Crippen LogP) is 5.39. The molecule has 0 unspecified atom stereocenters. The molecule has 2 aromatic carbocycles. The minimum atomic E-state index is 1.07. The number of hydrogen-bond acceptors (Lipinski definition) is 0. The van der Waals surface area contributed by atoms with Gasteiger partial charge in [-0.15, -0.1) is 29.7 Å². The number of hydrogen-bond donors (Lipinski definition) is 0. The normalized spacial score (nSPS) is 13.0. The van der Waals surface area contributed by atoms with E-state index in [1.54, 1.807) is 0 Å². The Labute approximate surface area is 142 Å². The van der Waals surface area contributed by atoms with Gasteiger partial charge in [0.1, 0.15) is 0 Å². The molecule has 1 aliphatic carbocycles. The highest BCUT2D eigenvalue weighted by molar-refractivity contribution is 5.84. The number of quaternary nitrogens is 1. The fourth-order valence-electron chi connectivity index (χ4n) is 3.35. The Morgan fingerprint density at radius 1 is 0.870 bits per heavy atom. The fourth-order valence-corrected chi connectivity index (χ4v) is 3.35. The third-order valence-electron chi connectivity index (χ3n) is 5.44. The van der Waals surface area contributed by atoms with E-state index < -0.39 is 0 Å². The summed E-state index contributed by atoms with van der Waals surface area (Å²) in [5.74, 6) is 0. The first-order valence-electron chi connectivity index (χ1n) is 9.04. The van der Waals surface area contributed by atoms with Crippen LogP contribution in [-0.2, 0) is 6.42 Å². The highest BCUT2D eigenvalue weighted by Gasteiger charge is 2.16. The monoisotopic (exact) mass is 309 g/mol. The van der Waals surface area contributed by atoms with Crippen LogP contribution in [0.15, 0.2) is 48.6 Å². The molecule has 0 saturated carbocycles. The minimum absolute atomic E-state index is 1.07. The van der Waals surface area contributed by atoms with E-state index in [9.17, 15) is 0 Å². The van der Waals surface area contributed by atoms with Gasteiger partial charge in [-0.25, -0.2) is 0 Å². The van der Waals surface area contributed by atoms with Crippen LogP contribution in [0.3, 0.4) is 0 Å². The lowest BCUT2D eigenvalue weighted by molar-refractivity contribution is -0.921. The molecular formula is C22H31N. The molecule has 23 heavy (non-hydrogen) atoms. The molecule has 0 N–H and O–H groups in total. The van der Waals surface area contributed by atoms with Gasteiger partial charge in [0.15, 0.2) is 0 Å². The summed E-state index contributed by atoms with van der Waals surface area (Å²) < 4.78 is 1.28. The van der Waals surface area contributed by atoms with Crippen molar-refractivity contribution in [2.75, 3.05) is 26.2 Å². The summed E-state index contributed by atoms with van der Waals surface area (Å²) in [5, 5.41) is 2.67. The summed E-state index contributed by atoms with van der Waals surface area (Å²) in [6, 6.07) is 13.1. The second-order valence-electron chi connectivity index (χ2n) is 6.30. The number of fused-ring (bicyclic) bond motifs is 2. The molecular weight excluding hydrogens is 278 g/mol. The first-order chi connectivity index (χ1) is 11.2.